The smallest absolute Gasteiger partial charge is 0.0708 e. The summed E-state index contributed by atoms with van der Waals surface area (Å²) in [5.74, 6) is 0. The second kappa shape index (κ2) is 11.2. The van der Waals surface area contributed by atoms with Gasteiger partial charge in [0.15, 0.2) is 0 Å². The lowest BCUT2D eigenvalue weighted by atomic mass is 9.92. The number of benzene rings is 3. The van der Waals surface area contributed by atoms with Crippen LogP contribution in [0, 0.1) is 0 Å². The Morgan fingerprint density at radius 3 is 1.32 bits per heavy atom. The van der Waals surface area contributed by atoms with Gasteiger partial charge in [0.2, 0.25) is 0 Å². The molecule has 0 atom stereocenters. The number of nitrogens with zero attached hydrogens (tertiary/aromatic N) is 2. The molecule has 5 aromatic rings. The SMILES string of the molecule is CC(C)=Cc1ccnc(-c2cccc(-c3ccccc3-c3cccc(-c4cc(C=C(C)C)ccn4)c3)c2)c1. The van der Waals surface area contributed by atoms with Gasteiger partial charge in [0.25, 0.3) is 0 Å². The molecule has 0 saturated heterocycles. The van der Waals surface area contributed by atoms with E-state index in [1.54, 1.807) is 0 Å². The maximum Gasteiger partial charge on any atom is 0.0708 e. The van der Waals surface area contributed by atoms with E-state index in [-0.39, 0.29) is 0 Å². The molecular weight excluding hydrogens is 460 g/mol. The second-order valence-electron chi connectivity index (χ2n) is 10.1. The fraction of sp³-hybridized carbons (Fsp3) is 0.111. The minimum Gasteiger partial charge on any atom is -0.256 e. The first kappa shape index (κ1) is 25.1. The van der Waals surface area contributed by atoms with Gasteiger partial charge in [0, 0.05) is 23.5 Å². The molecule has 0 aliphatic rings. The summed E-state index contributed by atoms with van der Waals surface area (Å²) in [5.41, 5.74) is 13.8. The quantitative estimate of drug-likeness (QED) is 0.236. The molecule has 2 nitrogen and oxygen atoms in total. The van der Waals surface area contributed by atoms with Gasteiger partial charge in [-0.3, -0.25) is 9.97 Å². The molecule has 3 aromatic carbocycles. The van der Waals surface area contributed by atoms with E-state index in [2.05, 4.69) is 135 Å². The highest BCUT2D eigenvalue weighted by molar-refractivity contribution is 5.86. The van der Waals surface area contributed by atoms with Gasteiger partial charge < -0.3 is 0 Å². The van der Waals surface area contributed by atoms with Crippen LogP contribution < -0.4 is 0 Å². The monoisotopic (exact) mass is 492 g/mol. The molecule has 0 unspecified atom stereocenters. The normalized spacial score (nSPS) is 10.6. The Bertz CT molecular complexity index is 1520. The first-order chi connectivity index (χ1) is 18.5. The van der Waals surface area contributed by atoms with E-state index in [9.17, 15) is 0 Å². The van der Waals surface area contributed by atoms with Crippen molar-refractivity contribution in [3.8, 4) is 44.8 Å². The molecule has 186 valence electrons. The van der Waals surface area contributed by atoms with Crippen LogP contribution in [0.3, 0.4) is 0 Å². The molecule has 38 heavy (non-hydrogen) atoms. The lowest BCUT2D eigenvalue weighted by Crippen LogP contribution is -1.89. The van der Waals surface area contributed by atoms with Gasteiger partial charge in [0.05, 0.1) is 11.4 Å². The van der Waals surface area contributed by atoms with Crippen LogP contribution in [0.25, 0.3) is 56.9 Å². The topological polar surface area (TPSA) is 25.8 Å². The molecule has 0 aliphatic carbocycles. The van der Waals surface area contributed by atoms with Gasteiger partial charge in [-0.05, 0) is 97.5 Å². The van der Waals surface area contributed by atoms with Crippen molar-refractivity contribution in [1.29, 1.82) is 0 Å². The number of pyridine rings is 2. The highest BCUT2D eigenvalue weighted by Crippen LogP contribution is 2.35. The van der Waals surface area contributed by atoms with Crippen LogP contribution in [-0.2, 0) is 0 Å². The highest BCUT2D eigenvalue weighted by Gasteiger charge is 2.11. The number of rotatable bonds is 6. The fourth-order valence-electron chi connectivity index (χ4n) is 4.73. The molecule has 2 aromatic heterocycles. The van der Waals surface area contributed by atoms with E-state index in [1.165, 1.54) is 44.5 Å². The van der Waals surface area contributed by atoms with Crippen LogP contribution in [0.1, 0.15) is 38.8 Å². The lowest BCUT2D eigenvalue weighted by Gasteiger charge is -2.13. The maximum atomic E-state index is 4.66. The average Bonchev–Trinajstić information content (AvgIpc) is 2.93. The summed E-state index contributed by atoms with van der Waals surface area (Å²) in [6, 6.07) is 34.3. The minimum atomic E-state index is 0.976. The Morgan fingerprint density at radius 1 is 0.474 bits per heavy atom. The molecule has 0 amide bonds. The average molecular weight is 493 g/mol. The third kappa shape index (κ3) is 5.87. The van der Waals surface area contributed by atoms with Crippen molar-refractivity contribution < 1.29 is 0 Å². The molecular formula is C36H32N2. The summed E-state index contributed by atoms with van der Waals surface area (Å²) in [6.45, 7) is 8.45. The largest absolute Gasteiger partial charge is 0.256 e. The molecule has 0 fully saturated rings. The number of hydrogen-bond donors (Lipinski definition) is 0. The van der Waals surface area contributed by atoms with Gasteiger partial charge in [-0.25, -0.2) is 0 Å². The maximum absolute atomic E-state index is 4.66. The van der Waals surface area contributed by atoms with Crippen molar-refractivity contribution in [3.63, 3.8) is 0 Å². The van der Waals surface area contributed by atoms with Crippen LogP contribution in [0.15, 0.2) is 121 Å². The Kier molecular flexibility index (Phi) is 7.42. The van der Waals surface area contributed by atoms with Gasteiger partial charge in [-0.2, -0.15) is 0 Å². The van der Waals surface area contributed by atoms with E-state index in [0.29, 0.717) is 0 Å². The zero-order chi connectivity index (χ0) is 26.5. The summed E-state index contributed by atoms with van der Waals surface area (Å²) in [6.07, 6.45) is 8.14. The van der Waals surface area contributed by atoms with Crippen molar-refractivity contribution >= 4 is 12.2 Å². The van der Waals surface area contributed by atoms with Gasteiger partial charge >= 0.3 is 0 Å². The molecule has 5 rings (SSSR count). The molecule has 0 aliphatic heterocycles. The minimum absolute atomic E-state index is 0.976. The lowest BCUT2D eigenvalue weighted by molar-refractivity contribution is 1.31. The van der Waals surface area contributed by atoms with Gasteiger partial charge in [-0.15, -0.1) is 0 Å². The zero-order valence-electron chi connectivity index (χ0n) is 22.4. The van der Waals surface area contributed by atoms with E-state index in [4.69, 9.17) is 0 Å². The Morgan fingerprint density at radius 2 is 0.895 bits per heavy atom. The molecule has 0 spiro atoms. The van der Waals surface area contributed by atoms with E-state index in [1.807, 2.05) is 24.5 Å². The van der Waals surface area contributed by atoms with Crippen LogP contribution in [-0.4, -0.2) is 9.97 Å². The van der Waals surface area contributed by atoms with Crippen LogP contribution in [0.2, 0.25) is 0 Å². The predicted octanol–water partition coefficient (Wildman–Crippen LogP) is 9.99. The van der Waals surface area contributed by atoms with Crippen molar-refractivity contribution in [2.45, 2.75) is 27.7 Å². The van der Waals surface area contributed by atoms with E-state index >= 15 is 0 Å². The number of allylic oxidation sites excluding steroid dienone is 2. The fourth-order valence-corrected chi connectivity index (χ4v) is 4.73. The van der Waals surface area contributed by atoms with Crippen molar-refractivity contribution in [2.75, 3.05) is 0 Å². The summed E-state index contributed by atoms with van der Waals surface area (Å²) in [4.78, 5) is 9.32. The number of hydrogen-bond acceptors (Lipinski definition) is 2. The Balaban J connectivity index is 1.54. The Hall–Kier alpha value is -4.56. The number of aromatic nitrogens is 2. The molecule has 0 saturated carbocycles. The Labute approximate surface area is 226 Å². The third-order valence-electron chi connectivity index (χ3n) is 6.34. The second-order valence-corrected chi connectivity index (χ2v) is 10.1. The molecule has 0 bridgehead atoms. The van der Waals surface area contributed by atoms with Crippen molar-refractivity contribution in [1.82, 2.24) is 9.97 Å². The molecule has 0 N–H and O–H groups in total. The predicted molar refractivity (Wildman–Crippen MR) is 162 cm³/mol. The standard InChI is InChI=1S/C36H32N2/c1-25(2)19-27-15-17-37-35(21-27)31-11-7-9-29(23-31)33-13-5-6-14-34(33)30-10-8-12-32(24-30)36-22-28(16-18-38-36)20-26(3)4/h5-24H,1-4H3. The van der Waals surface area contributed by atoms with Gasteiger partial charge in [-0.1, -0.05) is 84.0 Å². The van der Waals surface area contributed by atoms with Crippen LogP contribution in [0.4, 0.5) is 0 Å². The van der Waals surface area contributed by atoms with Crippen LogP contribution in [0.5, 0.6) is 0 Å². The zero-order valence-corrected chi connectivity index (χ0v) is 22.4. The summed E-state index contributed by atoms with van der Waals surface area (Å²) < 4.78 is 0. The molecule has 2 heterocycles. The van der Waals surface area contributed by atoms with Crippen LogP contribution >= 0.6 is 0 Å². The van der Waals surface area contributed by atoms with E-state index < -0.39 is 0 Å². The first-order valence-corrected chi connectivity index (χ1v) is 13.0. The molecule has 0 radical (unpaired) electrons. The van der Waals surface area contributed by atoms with E-state index in [0.717, 1.165) is 22.5 Å². The summed E-state index contributed by atoms with van der Waals surface area (Å²) >= 11 is 0. The molecule has 2 heteroatoms. The van der Waals surface area contributed by atoms with Gasteiger partial charge in [0.1, 0.15) is 0 Å². The van der Waals surface area contributed by atoms with Crippen molar-refractivity contribution in [2.24, 2.45) is 0 Å². The third-order valence-corrected chi connectivity index (χ3v) is 6.34. The first-order valence-electron chi connectivity index (χ1n) is 13.0. The van der Waals surface area contributed by atoms with Crippen molar-refractivity contribution in [3.05, 3.63) is 132 Å². The highest BCUT2D eigenvalue weighted by atomic mass is 14.7. The summed E-state index contributed by atoms with van der Waals surface area (Å²) in [5, 5.41) is 0. The summed E-state index contributed by atoms with van der Waals surface area (Å²) in [7, 11) is 0.